The van der Waals surface area contributed by atoms with Crippen molar-refractivity contribution in [3.8, 4) is 0 Å². The number of furan rings is 1. The predicted molar refractivity (Wildman–Crippen MR) is 105 cm³/mol. The minimum absolute atomic E-state index is 0.158. The third-order valence-corrected chi connectivity index (χ3v) is 5.70. The van der Waals surface area contributed by atoms with Gasteiger partial charge in [0, 0.05) is 49.1 Å². The first kappa shape index (κ1) is 17.3. The van der Waals surface area contributed by atoms with Crippen molar-refractivity contribution in [3.05, 3.63) is 71.5 Å². The van der Waals surface area contributed by atoms with E-state index in [1.165, 1.54) is 16.5 Å². The van der Waals surface area contributed by atoms with Crippen molar-refractivity contribution in [2.24, 2.45) is 0 Å². The van der Waals surface area contributed by atoms with Crippen LogP contribution in [0.25, 0.3) is 11.0 Å². The maximum absolute atomic E-state index is 6.04. The molecular weight excluding hydrogens is 322 g/mol. The maximum atomic E-state index is 6.04. The zero-order chi connectivity index (χ0) is 17.8. The summed E-state index contributed by atoms with van der Waals surface area (Å²) >= 11 is 0. The number of fused-ring (bicyclic) bond motifs is 1. The van der Waals surface area contributed by atoms with E-state index in [1.54, 1.807) is 0 Å². The van der Waals surface area contributed by atoms with E-state index in [4.69, 9.17) is 9.15 Å². The Kier molecular flexibility index (Phi) is 5.09. The number of aryl methyl sites for hydroxylation is 1. The molecule has 0 aliphatic carbocycles. The van der Waals surface area contributed by atoms with Crippen molar-refractivity contribution in [1.29, 1.82) is 0 Å². The molecule has 0 atom stereocenters. The molecule has 3 heteroatoms. The average Bonchev–Trinajstić information content (AvgIpc) is 3.07. The van der Waals surface area contributed by atoms with E-state index >= 15 is 0 Å². The Balaban J connectivity index is 1.54. The Morgan fingerprint density at radius 1 is 0.962 bits per heavy atom. The smallest absolute Gasteiger partial charge is 0.134 e. The van der Waals surface area contributed by atoms with Crippen LogP contribution in [0, 0.1) is 0 Å². The molecule has 1 aliphatic heterocycles. The number of rotatable bonds is 6. The molecular formula is C23H27NO2. The van der Waals surface area contributed by atoms with Gasteiger partial charge >= 0.3 is 0 Å². The second-order valence-electron chi connectivity index (χ2n) is 7.22. The minimum atomic E-state index is 0.158. The van der Waals surface area contributed by atoms with Crippen LogP contribution in [0.3, 0.4) is 0 Å². The molecule has 4 rings (SSSR count). The molecule has 1 fully saturated rings. The van der Waals surface area contributed by atoms with Gasteiger partial charge in [-0.3, -0.25) is 0 Å². The maximum Gasteiger partial charge on any atom is 0.134 e. The van der Waals surface area contributed by atoms with Crippen LogP contribution in [0.1, 0.15) is 36.7 Å². The highest BCUT2D eigenvalue weighted by atomic mass is 16.5. The molecule has 0 unspecified atom stereocenters. The summed E-state index contributed by atoms with van der Waals surface area (Å²) in [6, 6.07) is 19.2. The number of para-hydroxylation sites is 1. The van der Waals surface area contributed by atoms with Gasteiger partial charge in [-0.1, -0.05) is 55.5 Å². The molecule has 3 nitrogen and oxygen atoms in total. The monoisotopic (exact) mass is 349 g/mol. The van der Waals surface area contributed by atoms with Gasteiger partial charge < -0.3 is 14.5 Å². The zero-order valence-corrected chi connectivity index (χ0v) is 15.5. The molecule has 26 heavy (non-hydrogen) atoms. The number of hydrogen-bond acceptors (Lipinski definition) is 3. The van der Waals surface area contributed by atoms with Crippen molar-refractivity contribution in [2.75, 3.05) is 19.8 Å². The minimum Gasteiger partial charge on any atom is -0.461 e. The fraction of sp³-hybridized carbons (Fsp3) is 0.391. The normalized spacial score (nSPS) is 16.8. The molecule has 1 N–H and O–H groups in total. The topological polar surface area (TPSA) is 34.4 Å². The van der Waals surface area contributed by atoms with Gasteiger partial charge in [-0.15, -0.1) is 0 Å². The molecule has 0 bridgehead atoms. The molecule has 1 saturated heterocycles. The highest BCUT2D eigenvalue weighted by Crippen LogP contribution is 2.34. The van der Waals surface area contributed by atoms with Crippen LogP contribution in [0.4, 0.5) is 0 Å². The molecule has 3 aromatic rings. The largest absolute Gasteiger partial charge is 0.461 e. The summed E-state index contributed by atoms with van der Waals surface area (Å²) in [6.07, 6.45) is 3.05. The molecule has 2 aromatic carbocycles. The van der Waals surface area contributed by atoms with Gasteiger partial charge in [0.15, 0.2) is 0 Å². The Labute approximate surface area is 155 Å². The molecule has 136 valence electrons. The summed E-state index contributed by atoms with van der Waals surface area (Å²) in [5.41, 5.74) is 3.87. The average molecular weight is 349 g/mol. The predicted octanol–water partition coefficient (Wildman–Crippen LogP) is 4.83. The standard InChI is InChI=1S/C23H27NO2/c1-2-21-20(19-10-6-7-11-22(19)26-21)16-24-17-23(12-14-25-15-13-23)18-8-4-3-5-9-18/h3-11,24H,2,12-17H2,1H3. The van der Waals surface area contributed by atoms with E-state index < -0.39 is 0 Å². The van der Waals surface area contributed by atoms with Gasteiger partial charge in [-0.2, -0.15) is 0 Å². The number of benzene rings is 2. The SMILES string of the molecule is CCc1oc2ccccc2c1CNCC1(c2ccccc2)CCOCC1. The fourth-order valence-electron chi connectivity index (χ4n) is 4.18. The first-order chi connectivity index (χ1) is 12.8. The third-order valence-electron chi connectivity index (χ3n) is 5.70. The van der Waals surface area contributed by atoms with Gasteiger partial charge in [0.05, 0.1) is 0 Å². The number of ether oxygens (including phenoxy) is 1. The van der Waals surface area contributed by atoms with E-state index in [9.17, 15) is 0 Å². The lowest BCUT2D eigenvalue weighted by molar-refractivity contribution is 0.0498. The van der Waals surface area contributed by atoms with Gasteiger partial charge in [0.1, 0.15) is 11.3 Å². The van der Waals surface area contributed by atoms with Crippen LogP contribution in [-0.4, -0.2) is 19.8 Å². The van der Waals surface area contributed by atoms with Crippen LogP contribution < -0.4 is 5.32 Å². The zero-order valence-electron chi connectivity index (χ0n) is 15.5. The Morgan fingerprint density at radius 3 is 2.46 bits per heavy atom. The molecule has 1 aliphatic rings. The number of hydrogen-bond donors (Lipinski definition) is 1. The van der Waals surface area contributed by atoms with E-state index in [0.717, 1.165) is 56.9 Å². The molecule has 0 radical (unpaired) electrons. The van der Waals surface area contributed by atoms with Crippen LogP contribution in [-0.2, 0) is 23.1 Å². The molecule has 2 heterocycles. The summed E-state index contributed by atoms with van der Waals surface area (Å²) in [6.45, 7) is 5.64. The van der Waals surface area contributed by atoms with E-state index in [2.05, 4.69) is 60.8 Å². The van der Waals surface area contributed by atoms with Gasteiger partial charge in [-0.25, -0.2) is 0 Å². The van der Waals surface area contributed by atoms with Gasteiger partial charge in [0.25, 0.3) is 0 Å². The first-order valence-corrected chi connectivity index (χ1v) is 9.66. The molecule has 1 aromatic heterocycles. The molecule has 0 spiro atoms. The van der Waals surface area contributed by atoms with E-state index in [0.29, 0.717) is 0 Å². The lowest BCUT2D eigenvalue weighted by Gasteiger charge is -2.38. The fourth-order valence-corrected chi connectivity index (χ4v) is 4.18. The summed E-state index contributed by atoms with van der Waals surface area (Å²) < 4.78 is 11.7. The van der Waals surface area contributed by atoms with Gasteiger partial charge in [0.2, 0.25) is 0 Å². The van der Waals surface area contributed by atoms with Crippen molar-refractivity contribution < 1.29 is 9.15 Å². The van der Waals surface area contributed by atoms with Crippen LogP contribution in [0.15, 0.2) is 59.0 Å². The Hall–Kier alpha value is -2.10. The Morgan fingerprint density at radius 2 is 1.69 bits per heavy atom. The lowest BCUT2D eigenvalue weighted by atomic mass is 9.74. The van der Waals surface area contributed by atoms with Crippen molar-refractivity contribution in [3.63, 3.8) is 0 Å². The van der Waals surface area contributed by atoms with Crippen molar-refractivity contribution >= 4 is 11.0 Å². The van der Waals surface area contributed by atoms with Crippen LogP contribution >= 0.6 is 0 Å². The second kappa shape index (κ2) is 7.65. The Bertz CT molecular complexity index is 847. The highest BCUT2D eigenvalue weighted by molar-refractivity contribution is 5.82. The van der Waals surface area contributed by atoms with Gasteiger partial charge in [-0.05, 0) is 24.5 Å². The molecule has 0 amide bonds. The second-order valence-corrected chi connectivity index (χ2v) is 7.22. The number of nitrogens with one attached hydrogen (secondary N) is 1. The summed E-state index contributed by atoms with van der Waals surface area (Å²) in [5.74, 6) is 1.10. The van der Waals surface area contributed by atoms with Crippen molar-refractivity contribution in [2.45, 2.75) is 38.1 Å². The summed E-state index contributed by atoms with van der Waals surface area (Å²) in [4.78, 5) is 0. The van der Waals surface area contributed by atoms with Crippen molar-refractivity contribution in [1.82, 2.24) is 5.32 Å². The summed E-state index contributed by atoms with van der Waals surface area (Å²) in [7, 11) is 0. The van der Waals surface area contributed by atoms with Crippen LogP contribution in [0.2, 0.25) is 0 Å². The van der Waals surface area contributed by atoms with E-state index in [-0.39, 0.29) is 5.41 Å². The van der Waals surface area contributed by atoms with E-state index in [1.807, 2.05) is 6.07 Å². The lowest BCUT2D eigenvalue weighted by Crippen LogP contribution is -2.42. The van der Waals surface area contributed by atoms with Crippen LogP contribution in [0.5, 0.6) is 0 Å². The highest BCUT2D eigenvalue weighted by Gasteiger charge is 2.34. The molecule has 0 saturated carbocycles. The first-order valence-electron chi connectivity index (χ1n) is 9.66. The third kappa shape index (κ3) is 3.29. The quantitative estimate of drug-likeness (QED) is 0.692. The summed E-state index contributed by atoms with van der Waals surface area (Å²) in [5, 5.41) is 4.98.